The van der Waals surface area contributed by atoms with Crippen LogP contribution < -0.4 is 5.48 Å². The van der Waals surface area contributed by atoms with Gasteiger partial charge in [0.25, 0.3) is 0 Å². The molecule has 1 rings (SSSR count). The van der Waals surface area contributed by atoms with Gasteiger partial charge in [-0.05, 0) is 31.2 Å². The molecule has 98 valence electrons. The Balaban J connectivity index is 2.33. The standard InChI is InChI=1S/C15H21NO2/c1-3-13-8-10-14(11-9-13)15(17)7-5-4-6-12(2)16-18/h8-11,16,18H,2-7H2,1H3. The predicted octanol–water partition coefficient (Wildman–Crippen LogP) is 3.48. The van der Waals surface area contributed by atoms with Gasteiger partial charge in [-0.1, -0.05) is 37.8 Å². The summed E-state index contributed by atoms with van der Waals surface area (Å²) in [6.45, 7) is 5.72. The summed E-state index contributed by atoms with van der Waals surface area (Å²) in [5.41, 5.74) is 4.64. The summed E-state index contributed by atoms with van der Waals surface area (Å²) in [5, 5.41) is 8.55. The second-order valence-corrected chi connectivity index (χ2v) is 4.40. The number of carbonyl (C=O) groups excluding carboxylic acids is 1. The van der Waals surface area contributed by atoms with E-state index in [2.05, 4.69) is 13.5 Å². The van der Waals surface area contributed by atoms with E-state index >= 15 is 0 Å². The lowest BCUT2D eigenvalue weighted by molar-refractivity contribution is 0.0979. The van der Waals surface area contributed by atoms with Crippen LogP contribution in [0.15, 0.2) is 36.5 Å². The lowest BCUT2D eigenvalue weighted by Gasteiger charge is -2.04. The third-order valence-electron chi connectivity index (χ3n) is 2.97. The van der Waals surface area contributed by atoms with Crippen LogP contribution in [0.4, 0.5) is 0 Å². The van der Waals surface area contributed by atoms with Gasteiger partial charge in [0.2, 0.25) is 0 Å². The van der Waals surface area contributed by atoms with Gasteiger partial charge in [0.15, 0.2) is 5.78 Å². The van der Waals surface area contributed by atoms with E-state index in [1.54, 1.807) is 0 Å². The summed E-state index contributed by atoms with van der Waals surface area (Å²) in [6, 6.07) is 7.81. The molecule has 0 fully saturated rings. The fourth-order valence-corrected chi connectivity index (χ4v) is 1.75. The van der Waals surface area contributed by atoms with Gasteiger partial charge in [-0.2, -0.15) is 0 Å². The molecule has 1 aromatic carbocycles. The second-order valence-electron chi connectivity index (χ2n) is 4.40. The number of hydrogen-bond acceptors (Lipinski definition) is 3. The first-order valence-corrected chi connectivity index (χ1v) is 6.37. The van der Waals surface area contributed by atoms with Crippen LogP contribution in [0.1, 0.15) is 48.5 Å². The van der Waals surface area contributed by atoms with Gasteiger partial charge in [-0.3, -0.25) is 15.5 Å². The zero-order valence-electron chi connectivity index (χ0n) is 10.9. The predicted molar refractivity (Wildman–Crippen MR) is 72.7 cm³/mol. The molecule has 0 saturated carbocycles. The molecule has 0 amide bonds. The van der Waals surface area contributed by atoms with E-state index in [0.29, 0.717) is 18.5 Å². The van der Waals surface area contributed by atoms with E-state index in [9.17, 15) is 4.79 Å². The van der Waals surface area contributed by atoms with Gasteiger partial charge in [0, 0.05) is 17.7 Å². The highest BCUT2D eigenvalue weighted by atomic mass is 16.5. The van der Waals surface area contributed by atoms with E-state index in [0.717, 1.165) is 24.8 Å². The van der Waals surface area contributed by atoms with E-state index in [1.807, 2.05) is 29.7 Å². The molecule has 0 radical (unpaired) electrons. The molecule has 0 spiro atoms. The summed E-state index contributed by atoms with van der Waals surface area (Å²) in [7, 11) is 0. The number of hydroxylamine groups is 1. The SMILES string of the molecule is C=C(CCCCC(=O)c1ccc(CC)cc1)NO. The Morgan fingerprint density at radius 1 is 1.22 bits per heavy atom. The molecule has 0 heterocycles. The van der Waals surface area contributed by atoms with Crippen molar-refractivity contribution in [2.45, 2.75) is 39.0 Å². The molecule has 18 heavy (non-hydrogen) atoms. The van der Waals surface area contributed by atoms with Gasteiger partial charge in [-0.15, -0.1) is 0 Å². The van der Waals surface area contributed by atoms with Crippen LogP contribution in [0.5, 0.6) is 0 Å². The van der Waals surface area contributed by atoms with Crippen LogP contribution in [0.2, 0.25) is 0 Å². The molecular formula is C15H21NO2. The number of Topliss-reactive ketones (excluding diaryl/α,β-unsaturated/α-hetero) is 1. The summed E-state index contributed by atoms with van der Waals surface area (Å²) < 4.78 is 0. The number of hydrogen-bond donors (Lipinski definition) is 2. The molecule has 0 saturated heterocycles. The number of nitrogens with one attached hydrogen (secondary N) is 1. The molecule has 0 aliphatic heterocycles. The molecule has 1 aromatic rings. The van der Waals surface area contributed by atoms with Crippen molar-refractivity contribution in [1.82, 2.24) is 5.48 Å². The zero-order valence-corrected chi connectivity index (χ0v) is 10.9. The molecule has 0 bridgehead atoms. The highest BCUT2D eigenvalue weighted by Gasteiger charge is 2.05. The van der Waals surface area contributed by atoms with Crippen molar-refractivity contribution < 1.29 is 10.0 Å². The molecule has 0 aliphatic rings. The van der Waals surface area contributed by atoms with Crippen molar-refractivity contribution in [3.05, 3.63) is 47.7 Å². The number of ketones is 1. The molecule has 2 N–H and O–H groups in total. The third-order valence-corrected chi connectivity index (χ3v) is 2.97. The second kappa shape index (κ2) is 7.67. The normalized spacial score (nSPS) is 10.1. The van der Waals surface area contributed by atoms with E-state index in [4.69, 9.17) is 5.21 Å². The minimum Gasteiger partial charge on any atom is -0.294 e. The first-order chi connectivity index (χ1) is 8.67. The minimum atomic E-state index is 0.181. The fraction of sp³-hybridized carbons (Fsp3) is 0.400. The molecule has 3 nitrogen and oxygen atoms in total. The topological polar surface area (TPSA) is 49.3 Å². The van der Waals surface area contributed by atoms with Crippen molar-refractivity contribution in [1.29, 1.82) is 0 Å². The maximum Gasteiger partial charge on any atom is 0.162 e. The summed E-state index contributed by atoms with van der Waals surface area (Å²) in [4.78, 5) is 11.9. The van der Waals surface area contributed by atoms with E-state index in [1.165, 1.54) is 5.56 Å². The lowest BCUT2D eigenvalue weighted by atomic mass is 10.0. The van der Waals surface area contributed by atoms with Crippen molar-refractivity contribution in [3.8, 4) is 0 Å². The Hall–Kier alpha value is -1.61. The summed E-state index contributed by atoms with van der Waals surface area (Å²) in [5.74, 6) is 0.181. The monoisotopic (exact) mass is 247 g/mol. The first kappa shape index (κ1) is 14.5. The van der Waals surface area contributed by atoms with Crippen LogP contribution in [-0.4, -0.2) is 11.0 Å². The molecule has 0 aliphatic carbocycles. The average Bonchev–Trinajstić information content (AvgIpc) is 2.43. The number of unbranched alkanes of at least 4 members (excludes halogenated alkanes) is 1. The summed E-state index contributed by atoms with van der Waals surface area (Å²) in [6.07, 6.45) is 3.90. The van der Waals surface area contributed by atoms with Gasteiger partial charge in [0.1, 0.15) is 0 Å². The van der Waals surface area contributed by atoms with Crippen LogP contribution in [0.25, 0.3) is 0 Å². The fourth-order valence-electron chi connectivity index (χ4n) is 1.75. The lowest BCUT2D eigenvalue weighted by Crippen LogP contribution is -2.05. The number of benzene rings is 1. The third kappa shape index (κ3) is 4.72. The molecule has 0 atom stereocenters. The molecule has 0 unspecified atom stereocenters. The quantitative estimate of drug-likeness (QED) is 0.420. The smallest absolute Gasteiger partial charge is 0.162 e. The number of rotatable bonds is 8. The number of carbonyl (C=O) groups is 1. The highest BCUT2D eigenvalue weighted by Crippen LogP contribution is 2.11. The van der Waals surface area contributed by atoms with E-state index in [-0.39, 0.29) is 5.78 Å². The molecule has 0 aromatic heterocycles. The Morgan fingerprint density at radius 3 is 2.39 bits per heavy atom. The summed E-state index contributed by atoms with van der Waals surface area (Å²) >= 11 is 0. The Bertz CT molecular complexity index is 395. The first-order valence-electron chi connectivity index (χ1n) is 6.37. The van der Waals surface area contributed by atoms with E-state index < -0.39 is 0 Å². The number of allylic oxidation sites excluding steroid dienone is 1. The van der Waals surface area contributed by atoms with Crippen LogP contribution in [0, 0.1) is 0 Å². The average molecular weight is 247 g/mol. The van der Waals surface area contributed by atoms with Crippen molar-refractivity contribution in [2.24, 2.45) is 0 Å². The van der Waals surface area contributed by atoms with Crippen LogP contribution in [0.3, 0.4) is 0 Å². The Morgan fingerprint density at radius 2 is 1.83 bits per heavy atom. The Kier molecular flexibility index (Phi) is 6.15. The Labute approximate surface area is 108 Å². The maximum atomic E-state index is 11.9. The molecular weight excluding hydrogens is 226 g/mol. The highest BCUT2D eigenvalue weighted by molar-refractivity contribution is 5.96. The van der Waals surface area contributed by atoms with Gasteiger partial charge >= 0.3 is 0 Å². The van der Waals surface area contributed by atoms with Crippen molar-refractivity contribution in [3.63, 3.8) is 0 Å². The van der Waals surface area contributed by atoms with Crippen LogP contribution in [-0.2, 0) is 6.42 Å². The van der Waals surface area contributed by atoms with Crippen molar-refractivity contribution in [2.75, 3.05) is 0 Å². The van der Waals surface area contributed by atoms with Gasteiger partial charge < -0.3 is 0 Å². The number of aryl methyl sites for hydroxylation is 1. The largest absolute Gasteiger partial charge is 0.294 e. The molecule has 3 heteroatoms. The van der Waals surface area contributed by atoms with Gasteiger partial charge in [-0.25, -0.2) is 0 Å². The van der Waals surface area contributed by atoms with Crippen LogP contribution >= 0.6 is 0 Å². The van der Waals surface area contributed by atoms with Gasteiger partial charge in [0.05, 0.1) is 0 Å². The minimum absolute atomic E-state index is 0.181. The van der Waals surface area contributed by atoms with Crippen molar-refractivity contribution >= 4 is 5.78 Å². The zero-order chi connectivity index (χ0) is 13.4. The maximum absolute atomic E-state index is 11.9.